The van der Waals surface area contributed by atoms with Gasteiger partial charge >= 0.3 is 0 Å². The van der Waals surface area contributed by atoms with Gasteiger partial charge in [0.25, 0.3) is 0 Å². The van der Waals surface area contributed by atoms with Crippen LogP contribution >= 0.6 is 0 Å². The van der Waals surface area contributed by atoms with E-state index in [4.69, 9.17) is 0 Å². The number of aryl methyl sites for hydroxylation is 2. The van der Waals surface area contributed by atoms with Crippen molar-refractivity contribution in [1.29, 1.82) is 0 Å². The molecular formula is C18H25N3. The van der Waals surface area contributed by atoms with Crippen LogP contribution in [0.5, 0.6) is 0 Å². The van der Waals surface area contributed by atoms with Crippen molar-refractivity contribution in [1.82, 2.24) is 15.3 Å². The Hall–Kier alpha value is -1.74. The van der Waals surface area contributed by atoms with Crippen molar-refractivity contribution in [2.45, 2.75) is 46.1 Å². The predicted molar refractivity (Wildman–Crippen MR) is 87.3 cm³/mol. The van der Waals surface area contributed by atoms with Gasteiger partial charge in [0.2, 0.25) is 0 Å². The zero-order valence-electron chi connectivity index (χ0n) is 13.3. The summed E-state index contributed by atoms with van der Waals surface area (Å²) in [5.41, 5.74) is 4.75. The van der Waals surface area contributed by atoms with E-state index in [1.54, 1.807) is 0 Å². The highest BCUT2D eigenvalue weighted by molar-refractivity contribution is 5.20. The first-order valence-electron chi connectivity index (χ1n) is 7.82. The van der Waals surface area contributed by atoms with Crippen molar-refractivity contribution < 1.29 is 0 Å². The van der Waals surface area contributed by atoms with E-state index in [1.165, 1.54) is 11.1 Å². The van der Waals surface area contributed by atoms with Gasteiger partial charge < -0.3 is 5.32 Å². The standard InChI is InChI=1S/C18H25N3/c1-4-9-19-18(17-11-14(3)8-10-20-17)12-16-7-6-15(5-2)13-21-16/h6-8,10-11,13,18-19H,4-5,9,12H2,1-3H3. The van der Waals surface area contributed by atoms with E-state index in [1.807, 2.05) is 18.5 Å². The lowest BCUT2D eigenvalue weighted by Crippen LogP contribution is -2.25. The molecule has 0 aliphatic rings. The first-order valence-corrected chi connectivity index (χ1v) is 7.82. The second-order valence-corrected chi connectivity index (χ2v) is 5.48. The van der Waals surface area contributed by atoms with Gasteiger partial charge in [-0.1, -0.05) is 19.9 Å². The van der Waals surface area contributed by atoms with Gasteiger partial charge in [-0.2, -0.15) is 0 Å². The molecule has 0 amide bonds. The van der Waals surface area contributed by atoms with Gasteiger partial charge in [0.1, 0.15) is 0 Å². The normalized spacial score (nSPS) is 12.3. The van der Waals surface area contributed by atoms with Gasteiger partial charge in [0.15, 0.2) is 0 Å². The summed E-state index contributed by atoms with van der Waals surface area (Å²) in [5.74, 6) is 0. The van der Waals surface area contributed by atoms with Gasteiger partial charge in [-0.3, -0.25) is 9.97 Å². The highest BCUT2D eigenvalue weighted by Gasteiger charge is 2.13. The summed E-state index contributed by atoms with van der Waals surface area (Å²) in [6, 6.07) is 8.73. The Bertz CT molecular complexity index is 549. The average Bonchev–Trinajstić information content (AvgIpc) is 2.52. The van der Waals surface area contributed by atoms with Gasteiger partial charge in [0, 0.05) is 24.5 Å². The molecule has 2 heterocycles. The summed E-state index contributed by atoms with van der Waals surface area (Å²) >= 11 is 0. The van der Waals surface area contributed by atoms with Gasteiger partial charge in [-0.25, -0.2) is 0 Å². The molecule has 0 spiro atoms. The number of nitrogens with one attached hydrogen (secondary N) is 1. The third-order valence-corrected chi connectivity index (χ3v) is 3.64. The zero-order chi connectivity index (χ0) is 15.1. The fourth-order valence-electron chi connectivity index (χ4n) is 2.34. The van der Waals surface area contributed by atoms with Gasteiger partial charge in [-0.05, 0) is 55.6 Å². The Balaban J connectivity index is 2.15. The fourth-order valence-corrected chi connectivity index (χ4v) is 2.34. The Kier molecular flexibility index (Phi) is 5.88. The van der Waals surface area contributed by atoms with Crippen LogP contribution in [0.2, 0.25) is 0 Å². The van der Waals surface area contributed by atoms with Crippen LogP contribution in [0.3, 0.4) is 0 Å². The van der Waals surface area contributed by atoms with E-state index in [9.17, 15) is 0 Å². The quantitative estimate of drug-likeness (QED) is 0.843. The Labute approximate surface area is 127 Å². The van der Waals surface area contributed by atoms with E-state index in [0.717, 1.165) is 37.2 Å². The van der Waals surface area contributed by atoms with Crippen LogP contribution in [0, 0.1) is 6.92 Å². The minimum absolute atomic E-state index is 0.227. The Morgan fingerprint density at radius 1 is 1.14 bits per heavy atom. The number of rotatable bonds is 7. The van der Waals surface area contributed by atoms with Gasteiger partial charge in [-0.15, -0.1) is 0 Å². The SMILES string of the molecule is CCCNC(Cc1ccc(CC)cn1)c1cc(C)ccn1. The van der Waals surface area contributed by atoms with E-state index in [0.29, 0.717) is 0 Å². The van der Waals surface area contributed by atoms with Crippen molar-refractivity contribution >= 4 is 0 Å². The number of aromatic nitrogens is 2. The van der Waals surface area contributed by atoms with Crippen molar-refractivity contribution in [3.05, 3.63) is 59.2 Å². The second kappa shape index (κ2) is 7.89. The topological polar surface area (TPSA) is 37.8 Å². The van der Waals surface area contributed by atoms with Crippen molar-refractivity contribution in [2.75, 3.05) is 6.54 Å². The first kappa shape index (κ1) is 15.6. The predicted octanol–water partition coefficient (Wildman–Crippen LogP) is 3.63. The molecule has 1 unspecified atom stereocenters. The monoisotopic (exact) mass is 283 g/mol. The number of hydrogen-bond donors (Lipinski definition) is 1. The molecule has 2 aromatic rings. The Morgan fingerprint density at radius 2 is 2.00 bits per heavy atom. The summed E-state index contributed by atoms with van der Waals surface area (Å²) < 4.78 is 0. The van der Waals surface area contributed by atoms with Crippen LogP contribution in [0.1, 0.15) is 48.8 Å². The average molecular weight is 283 g/mol. The molecule has 0 bridgehead atoms. The highest BCUT2D eigenvalue weighted by atomic mass is 14.9. The number of nitrogens with zero attached hydrogens (tertiary/aromatic N) is 2. The molecule has 0 aliphatic carbocycles. The third kappa shape index (κ3) is 4.64. The minimum atomic E-state index is 0.227. The van der Waals surface area contributed by atoms with Crippen LogP contribution in [0.4, 0.5) is 0 Å². The van der Waals surface area contributed by atoms with Crippen LogP contribution in [0.15, 0.2) is 36.7 Å². The van der Waals surface area contributed by atoms with E-state index in [2.05, 4.69) is 54.3 Å². The molecule has 3 nitrogen and oxygen atoms in total. The highest BCUT2D eigenvalue weighted by Crippen LogP contribution is 2.17. The number of hydrogen-bond acceptors (Lipinski definition) is 3. The molecule has 0 aromatic carbocycles. The molecule has 0 radical (unpaired) electrons. The molecule has 3 heteroatoms. The van der Waals surface area contributed by atoms with Crippen LogP contribution in [-0.2, 0) is 12.8 Å². The van der Waals surface area contributed by atoms with Crippen LogP contribution in [0.25, 0.3) is 0 Å². The maximum absolute atomic E-state index is 4.58. The smallest absolute Gasteiger partial charge is 0.0579 e. The summed E-state index contributed by atoms with van der Waals surface area (Å²) in [5, 5.41) is 3.59. The first-order chi connectivity index (χ1) is 10.2. The molecule has 112 valence electrons. The fraction of sp³-hybridized carbons (Fsp3) is 0.444. The molecule has 2 rings (SSSR count). The molecule has 1 N–H and O–H groups in total. The number of pyridine rings is 2. The van der Waals surface area contributed by atoms with E-state index < -0.39 is 0 Å². The van der Waals surface area contributed by atoms with Crippen molar-refractivity contribution in [3.63, 3.8) is 0 Å². The summed E-state index contributed by atoms with van der Waals surface area (Å²) in [7, 11) is 0. The maximum atomic E-state index is 4.58. The molecule has 0 saturated carbocycles. The molecule has 0 fully saturated rings. The molecule has 1 atom stereocenters. The lowest BCUT2D eigenvalue weighted by Gasteiger charge is -2.18. The molecule has 21 heavy (non-hydrogen) atoms. The van der Waals surface area contributed by atoms with E-state index >= 15 is 0 Å². The maximum Gasteiger partial charge on any atom is 0.0579 e. The van der Waals surface area contributed by atoms with Crippen molar-refractivity contribution in [2.24, 2.45) is 0 Å². The lowest BCUT2D eigenvalue weighted by atomic mass is 10.0. The Morgan fingerprint density at radius 3 is 2.62 bits per heavy atom. The summed E-state index contributed by atoms with van der Waals surface area (Å²) in [4.78, 5) is 9.11. The van der Waals surface area contributed by atoms with Crippen molar-refractivity contribution in [3.8, 4) is 0 Å². The minimum Gasteiger partial charge on any atom is -0.308 e. The van der Waals surface area contributed by atoms with Crippen LogP contribution < -0.4 is 5.32 Å². The van der Waals surface area contributed by atoms with E-state index in [-0.39, 0.29) is 6.04 Å². The summed E-state index contributed by atoms with van der Waals surface area (Å²) in [6.45, 7) is 7.44. The molecular weight excluding hydrogens is 258 g/mol. The second-order valence-electron chi connectivity index (χ2n) is 5.48. The summed E-state index contributed by atoms with van der Waals surface area (Å²) in [6.07, 6.45) is 6.89. The molecule has 0 aliphatic heterocycles. The lowest BCUT2D eigenvalue weighted by molar-refractivity contribution is 0.513. The largest absolute Gasteiger partial charge is 0.308 e. The van der Waals surface area contributed by atoms with Crippen LogP contribution in [-0.4, -0.2) is 16.5 Å². The zero-order valence-corrected chi connectivity index (χ0v) is 13.3. The third-order valence-electron chi connectivity index (χ3n) is 3.64. The molecule has 0 saturated heterocycles. The van der Waals surface area contributed by atoms with Gasteiger partial charge in [0.05, 0.1) is 11.7 Å². The molecule has 2 aromatic heterocycles.